The van der Waals surface area contributed by atoms with Gasteiger partial charge in [0, 0.05) is 12.1 Å². The zero-order chi connectivity index (χ0) is 12.1. The molecule has 2 aromatic rings. The lowest BCUT2D eigenvalue weighted by Gasteiger charge is -2.06. The maximum atomic E-state index is 13.0. The van der Waals surface area contributed by atoms with Crippen molar-refractivity contribution in [2.24, 2.45) is 0 Å². The van der Waals surface area contributed by atoms with Gasteiger partial charge < -0.3 is 10.4 Å². The minimum atomic E-state index is -0.567. The van der Waals surface area contributed by atoms with Crippen molar-refractivity contribution in [1.82, 2.24) is 5.32 Å². The Morgan fingerprint density at radius 1 is 1.29 bits per heavy atom. The van der Waals surface area contributed by atoms with E-state index in [0.29, 0.717) is 12.1 Å². The Kier molecular flexibility index (Phi) is 4.12. The molecular weight excluding hydrogens is 237 g/mol. The highest BCUT2D eigenvalue weighted by Gasteiger charge is 2.05. The molecule has 17 heavy (non-hydrogen) atoms. The standard InChI is InChI=1S/C13H14FNOS/c14-12-3-1-2-11(13(12)16)8-15-6-4-10-5-7-17-9-10/h1-3,5,7,9,15-16H,4,6,8H2. The van der Waals surface area contributed by atoms with Crippen LogP contribution in [0.25, 0.3) is 0 Å². The minimum absolute atomic E-state index is 0.254. The number of hydrogen-bond acceptors (Lipinski definition) is 3. The number of thiophene rings is 1. The number of hydrogen-bond donors (Lipinski definition) is 2. The summed E-state index contributed by atoms with van der Waals surface area (Å²) in [6.45, 7) is 1.29. The molecule has 2 nitrogen and oxygen atoms in total. The van der Waals surface area contributed by atoms with Gasteiger partial charge in [-0.1, -0.05) is 12.1 Å². The van der Waals surface area contributed by atoms with Gasteiger partial charge in [-0.05, 0) is 41.4 Å². The normalized spacial score (nSPS) is 10.6. The molecule has 0 saturated heterocycles. The fraction of sp³-hybridized carbons (Fsp3) is 0.231. The second-order valence-corrected chi connectivity index (χ2v) is 4.59. The van der Waals surface area contributed by atoms with Gasteiger partial charge in [0.2, 0.25) is 0 Å². The molecule has 0 aliphatic rings. The molecule has 0 bridgehead atoms. The third-order valence-electron chi connectivity index (χ3n) is 2.56. The topological polar surface area (TPSA) is 32.3 Å². The first-order valence-corrected chi connectivity index (χ1v) is 6.40. The Morgan fingerprint density at radius 3 is 2.94 bits per heavy atom. The van der Waals surface area contributed by atoms with Crippen LogP contribution in [-0.2, 0) is 13.0 Å². The van der Waals surface area contributed by atoms with Crippen molar-refractivity contribution in [3.8, 4) is 5.75 Å². The predicted octanol–water partition coefficient (Wildman–Crippen LogP) is 2.93. The van der Waals surface area contributed by atoms with E-state index in [2.05, 4.69) is 16.8 Å². The van der Waals surface area contributed by atoms with Gasteiger partial charge in [0.15, 0.2) is 11.6 Å². The monoisotopic (exact) mass is 251 g/mol. The average molecular weight is 251 g/mol. The number of benzene rings is 1. The van der Waals surface area contributed by atoms with E-state index < -0.39 is 5.82 Å². The van der Waals surface area contributed by atoms with Crippen LogP contribution < -0.4 is 5.32 Å². The van der Waals surface area contributed by atoms with Gasteiger partial charge >= 0.3 is 0 Å². The van der Waals surface area contributed by atoms with Crippen LogP contribution in [0.2, 0.25) is 0 Å². The van der Waals surface area contributed by atoms with Crippen molar-refractivity contribution in [2.45, 2.75) is 13.0 Å². The smallest absolute Gasteiger partial charge is 0.165 e. The lowest BCUT2D eigenvalue weighted by Crippen LogP contribution is -2.16. The van der Waals surface area contributed by atoms with E-state index >= 15 is 0 Å². The lowest BCUT2D eigenvalue weighted by atomic mass is 10.2. The Hall–Kier alpha value is -1.39. The lowest BCUT2D eigenvalue weighted by molar-refractivity contribution is 0.423. The van der Waals surface area contributed by atoms with Gasteiger partial charge in [0.1, 0.15) is 0 Å². The summed E-state index contributed by atoms with van der Waals surface area (Å²) in [6, 6.07) is 6.66. The van der Waals surface area contributed by atoms with Crippen molar-refractivity contribution >= 4 is 11.3 Å². The van der Waals surface area contributed by atoms with Crippen molar-refractivity contribution in [3.05, 3.63) is 52.0 Å². The van der Waals surface area contributed by atoms with E-state index in [1.165, 1.54) is 11.6 Å². The van der Waals surface area contributed by atoms with Crippen LogP contribution in [0.3, 0.4) is 0 Å². The van der Waals surface area contributed by atoms with Crippen molar-refractivity contribution in [2.75, 3.05) is 6.54 Å². The molecule has 2 N–H and O–H groups in total. The van der Waals surface area contributed by atoms with Crippen LogP contribution in [0, 0.1) is 5.82 Å². The molecule has 2 rings (SSSR count). The summed E-state index contributed by atoms with van der Waals surface area (Å²) < 4.78 is 13.0. The average Bonchev–Trinajstić information content (AvgIpc) is 2.83. The van der Waals surface area contributed by atoms with Gasteiger partial charge in [0.25, 0.3) is 0 Å². The van der Waals surface area contributed by atoms with Gasteiger partial charge in [-0.25, -0.2) is 4.39 Å². The number of nitrogens with one attached hydrogen (secondary N) is 1. The van der Waals surface area contributed by atoms with Gasteiger partial charge in [-0.15, -0.1) is 0 Å². The SMILES string of the molecule is Oc1c(F)cccc1CNCCc1ccsc1. The highest BCUT2D eigenvalue weighted by atomic mass is 32.1. The summed E-state index contributed by atoms with van der Waals surface area (Å²) in [5.41, 5.74) is 1.89. The molecule has 4 heteroatoms. The second kappa shape index (κ2) is 5.80. The summed E-state index contributed by atoms with van der Waals surface area (Å²) >= 11 is 1.68. The minimum Gasteiger partial charge on any atom is -0.505 e. The summed E-state index contributed by atoms with van der Waals surface area (Å²) in [4.78, 5) is 0. The van der Waals surface area contributed by atoms with E-state index in [9.17, 15) is 9.50 Å². The summed E-state index contributed by atoms with van der Waals surface area (Å²) in [7, 11) is 0. The first-order chi connectivity index (χ1) is 8.27. The third kappa shape index (κ3) is 3.28. The molecule has 1 aromatic carbocycles. The van der Waals surface area contributed by atoms with Crippen LogP contribution in [-0.4, -0.2) is 11.7 Å². The van der Waals surface area contributed by atoms with Crippen molar-refractivity contribution < 1.29 is 9.50 Å². The fourth-order valence-electron chi connectivity index (χ4n) is 1.59. The quantitative estimate of drug-likeness (QED) is 0.801. The highest BCUT2D eigenvalue weighted by Crippen LogP contribution is 2.20. The first-order valence-electron chi connectivity index (χ1n) is 5.45. The maximum absolute atomic E-state index is 13.0. The molecule has 0 atom stereocenters. The molecule has 1 heterocycles. The molecule has 0 fully saturated rings. The fourth-order valence-corrected chi connectivity index (χ4v) is 2.30. The summed E-state index contributed by atoms with van der Waals surface area (Å²) in [5.74, 6) is -0.822. The van der Waals surface area contributed by atoms with Crippen LogP contribution in [0.4, 0.5) is 4.39 Å². The molecule has 90 valence electrons. The first kappa shape index (κ1) is 12.1. The Bertz CT molecular complexity index is 470. The highest BCUT2D eigenvalue weighted by molar-refractivity contribution is 7.07. The molecule has 1 aromatic heterocycles. The zero-order valence-electron chi connectivity index (χ0n) is 9.32. The molecule has 0 saturated carbocycles. The summed E-state index contributed by atoms with van der Waals surface area (Å²) in [5, 5.41) is 16.8. The molecule has 0 spiro atoms. The number of phenolic OH excluding ortho intramolecular Hbond substituents is 1. The van der Waals surface area contributed by atoms with Gasteiger partial charge in [0.05, 0.1) is 0 Å². The van der Waals surface area contributed by atoms with Crippen LogP contribution in [0.5, 0.6) is 5.75 Å². The van der Waals surface area contributed by atoms with E-state index in [1.54, 1.807) is 23.5 Å². The van der Waals surface area contributed by atoms with E-state index in [4.69, 9.17) is 0 Å². The van der Waals surface area contributed by atoms with Gasteiger partial charge in [-0.2, -0.15) is 11.3 Å². The van der Waals surface area contributed by atoms with Gasteiger partial charge in [-0.3, -0.25) is 0 Å². The molecule has 0 amide bonds. The maximum Gasteiger partial charge on any atom is 0.165 e. The number of halogens is 1. The largest absolute Gasteiger partial charge is 0.505 e. The van der Waals surface area contributed by atoms with Crippen LogP contribution in [0.15, 0.2) is 35.0 Å². The van der Waals surface area contributed by atoms with E-state index in [-0.39, 0.29) is 5.75 Å². The zero-order valence-corrected chi connectivity index (χ0v) is 10.1. The van der Waals surface area contributed by atoms with Crippen molar-refractivity contribution in [3.63, 3.8) is 0 Å². The number of para-hydroxylation sites is 1. The van der Waals surface area contributed by atoms with Crippen LogP contribution in [0.1, 0.15) is 11.1 Å². The van der Waals surface area contributed by atoms with Crippen LogP contribution >= 0.6 is 11.3 Å². The molecule has 0 aliphatic carbocycles. The Labute approximate surface area is 104 Å². The number of rotatable bonds is 5. The molecule has 0 unspecified atom stereocenters. The predicted molar refractivity (Wildman–Crippen MR) is 67.8 cm³/mol. The van der Waals surface area contributed by atoms with Crippen molar-refractivity contribution in [1.29, 1.82) is 0 Å². The summed E-state index contributed by atoms with van der Waals surface area (Å²) in [6.07, 6.45) is 0.944. The van der Waals surface area contributed by atoms with E-state index in [1.807, 2.05) is 5.38 Å². The molecule has 0 aliphatic heterocycles. The van der Waals surface area contributed by atoms with E-state index in [0.717, 1.165) is 13.0 Å². The third-order valence-corrected chi connectivity index (χ3v) is 3.29. The Morgan fingerprint density at radius 2 is 2.18 bits per heavy atom. The number of phenols is 1. The Balaban J connectivity index is 1.80. The molecule has 0 radical (unpaired) electrons. The number of aromatic hydroxyl groups is 1. The molecular formula is C13H14FNOS. The second-order valence-electron chi connectivity index (χ2n) is 3.81.